The van der Waals surface area contributed by atoms with Crippen LogP contribution in [0, 0.1) is 5.92 Å². The van der Waals surface area contributed by atoms with Gasteiger partial charge in [-0.15, -0.1) is 0 Å². The molecule has 88 valence electrons. The van der Waals surface area contributed by atoms with Crippen molar-refractivity contribution < 1.29 is 9.84 Å². The third-order valence-electron chi connectivity index (χ3n) is 2.97. The minimum absolute atomic E-state index is 0.163. The number of aliphatic hydroxyl groups is 1. The van der Waals surface area contributed by atoms with Crippen LogP contribution in [0.5, 0.6) is 5.75 Å². The molecular weight excluding hydrogens is 268 g/mol. The van der Waals surface area contributed by atoms with Crippen molar-refractivity contribution >= 4 is 15.9 Å². The molecule has 2 rings (SSSR count). The number of benzene rings is 1. The average Bonchev–Trinajstić information content (AvgIpc) is 3.11. The van der Waals surface area contributed by atoms with E-state index in [0.717, 1.165) is 28.3 Å². The van der Waals surface area contributed by atoms with Crippen molar-refractivity contribution in [3.05, 3.63) is 28.2 Å². The average molecular weight is 285 g/mol. The summed E-state index contributed by atoms with van der Waals surface area (Å²) in [5, 5.41) is 9.12. The van der Waals surface area contributed by atoms with Crippen LogP contribution in [0.15, 0.2) is 22.7 Å². The highest BCUT2D eigenvalue weighted by atomic mass is 79.9. The maximum absolute atomic E-state index is 9.12. The molecule has 16 heavy (non-hydrogen) atoms. The summed E-state index contributed by atoms with van der Waals surface area (Å²) in [6.07, 6.45) is 2.59. The molecule has 1 unspecified atom stereocenters. The van der Waals surface area contributed by atoms with E-state index in [1.165, 1.54) is 12.8 Å². The van der Waals surface area contributed by atoms with Crippen LogP contribution in [0.1, 0.15) is 31.2 Å². The lowest BCUT2D eigenvalue weighted by molar-refractivity contribution is 0.271. The summed E-state index contributed by atoms with van der Waals surface area (Å²) in [4.78, 5) is 0. The summed E-state index contributed by atoms with van der Waals surface area (Å²) in [6, 6.07) is 6.03. The van der Waals surface area contributed by atoms with Gasteiger partial charge < -0.3 is 9.84 Å². The molecule has 1 atom stereocenters. The van der Waals surface area contributed by atoms with Crippen LogP contribution in [0.3, 0.4) is 0 Å². The third-order valence-corrected chi connectivity index (χ3v) is 3.62. The fourth-order valence-electron chi connectivity index (χ4n) is 1.53. The lowest BCUT2D eigenvalue weighted by Crippen LogP contribution is -2.02. The van der Waals surface area contributed by atoms with Gasteiger partial charge in [0.15, 0.2) is 0 Å². The van der Waals surface area contributed by atoms with E-state index in [0.29, 0.717) is 0 Å². The standard InChI is InChI=1S/C13H17BrO2/c1-9(7-15)11-4-5-12(14)13(6-11)16-8-10-2-3-10/h4-6,9-10,15H,2-3,7-8H2,1H3. The number of halogens is 1. The quantitative estimate of drug-likeness (QED) is 0.899. The van der Waals surface area contributed by atoms with E-state index >= 15 is 0 Å². The molecule has 0 aromatic heterocycles. The summed E-state index contributed by atoms with van der Waals surface area (Å²) < 4.78 is 6.76. The van der Waals surface area contributed by atoms with Crippen molar-refractivity contribution in [1.82, 2.24) is 0 Å². The Bertz CT molecular complexity index is 361. The number of rotatable bonds is 5. The zero-order valence-electron chi connectivity index (χ0n) is 9.45. The van der Waals surface area contributed by atoms with Crippen LogP contribution in [0.2, 0.25) is 0 Å². The molecule has 3 heteroatoms. The molecular formula is C13H17BrO2. The molecule has 1 aliphatic carbocycles. The van der Waals surface area contributed by atoms with Gasteiger partial charge in [0.25, 0.3) is 0 Å². The molecule has 0 radical (unpaired) electrons. The van der Waals surface area contributed by atoms with Gasteiger partial charge in [-0.3, -0.25) is 0 Å². The van der Waals surface area contributed by atoms with Crippen molar-refractivity contribution in [2.45, 2.75) is 25.7 Å². The number of hydrogen-bond acceptors (Lipinski definition) is 2. The minimum atomic E-state index is 0.163. The zero-order valence-corrected chi connectivity index (χ0v) is 11.0. The second-order valence-corrected chi connectivity index (χ2v) is 5.38. The lowest BCUT2D eigenvalue weighted by atomic mass is 10.0. The zero-order chi connectivity index (χ0) is 11.5. The molecule has 2 nitrogen and oxygen atoms in total. The normalized spacial score (nSPS) is 17.2. The molecule has 0 amide bonds. The third kappa shape index (κ3) is 2.98. The highest BCUT2D eigenvalue weighted by molar-refractivity contribution is 9.10. The first-order valence-electron chi connectivity index (χ1n) is 5.74. The first-order valence-corrected chi connectivity index (χ1v) is 6.53. The second-order valence-electron chi connectivity index (χ2n) is 4.53. The van der Waals surface area contributed by atoms with Crippen molar-refractivity contribution in [2.24, 2.45) is 5.92 Å². The number of aliphatic hydroxyl groups excluding tert-OH is 1. The van der Waals surface area contributed by atoms with Crippen molar-refractivity contribution in [1.29, 1.82) is 0 Å². The van der Waals surface area contributed by atoms with Crippen LogP contribution in [-0.2, 0) is 0 Å². The monoisotopic (exact) mass is 284 g/mol. The van der Waals surface area contributed by atoms with E-state index in [1.54, 1.807) is 0 Å². The van der Waals surface area contributed by atoms with Crippen LogP contribution < -0.4 is 4.74 Å². The minimum Gasteiger partial charge on any atom is -0.492 e. The fourth-order valence-corrected chi connectivity index (χ4v) is 1.90. The first-order chi connectivity index (χ1) is 7.70. The molecule has 0 spiro atoms. The summed E-state index contributed by atoms with van der Waals surface area (Å²) in [5.74, 6) is 1.81. The van der Waals surface area contributed by atoms with Gasteiger partial charge in [-0.25, -0.2) is 0 Å². The van der Waals surface area contributed by atoms with Crippen molar-refractivity contribution in [3.63, 3.8) is 0 Å². The molecule has 0 bridgehead atoms. The van der Waals surface area contributed by atoms with E-state index in [9.17, 15) is 0 Å². The molecule has 1 aromatic carbocycles. The van der Waals surface area contributed by atoms with Gasteiger partial charge in [-0.2, -0.15) is 0 Å². The molecule has 1 N–H and O–H groups in total. The largest absolute Gasteiger partial charge is 0.492 e. The predicted molar refractivity (Wildman–Crippen MR) is 67.9 cm³/mol. The molecule has 1 aromatic rings. The highest BCUT2D eigenvalue weighted by Crippen LogP contribution is 2.33. The molecule has 1 aliphatic rings. The first kappa shape index (κ1) is 11.9. The van der Waals surface area contributed by atoms with Crippen molar-refractivity contribution in [2.75, 3.05) is 13.2 Å². The van der Waals surface area contributed by atoms with Gasteiger partial charge in [0.05, 0.1) is 11.1 Å². The van der Waals surface area contributed by atoms with E-state index < -0.39 is 0 Å². The van der Waals surface area contributed by atoms with Gasteiger partial charge in [0.1, 0.15) is 5.75 Å². The summed E-state index contributed by atoms with van der Waals surface area (Å²) in [6.45, 7) is 2.99. The molecule has 1 saturated carbocycles. The Hall–Kier alpha value is -0.540. The van der Waals surface area contributed by atoms with E-state index in [-0.39, 0.29) is 12.5 Å². The Morgan fingerprint density at radius 3 is 2.88 bits per heavy atom. The summed E-state index contributed by atoms with van der Waals surface area (Å²) in [5.41, 5.74) is 1.12. The SMILES string of the molecule is CC(CO)c1ccc(Br)c(OCC2CC2)c1. The van der Waals surface area contributed by atoms with Gasteiger partial charge in [-0.1, -0.05) is 13.0 Å². The van der Waals surface area contributed by atoms with Gasteiger partial charge in [0, 0.05) is 12.5 Å². The Morgan fingerprint density at radius 1 is 1.50 bits per heavy atom. The van der Waals surface area contributed by atoms with E-state index in [4.69, 9.17) is 9.84 Å². The van der Waals surface area contributed by atoms with Crippen LogP contribution in [0.25, 0.3) is 0 Å². The maximum Gasteiger partial charge on any atom is 0.133 e. The van der Waals surface area contributed by atoms with Crippen molar-refractivity contribution in [3.8, 4) is 5.75 Å². The summed E-state index contributed by atoms with van der Waals surface area (Å²) in [7, 11) is 0. The number of hydrogen-bond donors (Lipinski definition) is 1. The topological polar surface area (TPSA) is 29.5 Å². The second kappa shape index (κ2) is 5.19. The van der Waals surface area contributed by atoms with Crippen LogP contribution in [-0.4, -0.2) is 18.3 Å². The Labute approximate surface area is 105 Å². The number of ether oxygens (including phenoxy) is 1. The lowest BCUT2D eigenvalue weighted by Gasteiger charge is -2.12. The highest BCUT2D eigenvalue weighted by Gasteiger charge is 2.22. The fraction of sp³-hybridized carbons (Fsp3) is 0.538. The van der Waals surface area contributed by atoms with Crippen LogP contribution >= 0.6 is 15.9 Å². The van der Waals surface area contributed by atoms with Crippen LogP contribution in [0.4, 0.5) is 0 Å². The van der Waals surface area contributed by atoms with Gasteiger partial charge in [-0.05, 0) is 52.4 Å². The molecule has 0 saturated heterocycles. The molecule has 0 heterocycles. The van der Waals surface area contributed by atoms with Gasteiger partial charge >= 0.3 is 0 Å². The Kier molecular flexibility index (Phi) is 3.87. The Morgan fingerprint density at radius 2 is 2.25 bits per heavy atom. The smallest absolute Gasteiger partial charge is 0.133 e. The Balaban J connectivity index is 2.07. The molecule has 0 aliphatic heterocycles. The maximum atomic E-state index is 9.12. The van der Waals surface area contributed by atoms with Gasteiger partial charge in [0.2, 0.25) is 0 Å². The predicted octanol–water partition coefficient (Wildman–Crippen LogP) is 3.33. The summed E-state index contributed by atoms with van der Waals surface area (Å²) >= 11 is 3.48. The van der Waals surface area contributed by atoms with E-state index in [1.807, 2.05) is 25.1 Å². The van der Waals surface area contributed by atoms with E-state index in [2.05, 4.69) is 15.9 Å². The molecule has 1 fully saturated rings.